The minimum Gasteiger partial charge on any atom is -0.481 e. The van der Waals surface area contributed by atoms with Crippen molar-refractivity contribution in [3.05, 3.63) is 35.9 Å². The first-order valence-corrected chi connectivity index (χ1v) is 8.88. The summed E-state index contributed by atoms with van der Waals surface area (Å²) in [6.07, 6.45) is 3.24. The highest BCUT2D eigenvalue weighted by Crippen LogP contribution is 2.36. The van der Waals surface area contributed by atoms with Crippen molar-refractivity contribution < 1.29 is 9.90 Å². The molecule has 4 rings (SSSR count). The fourth-order valence-corrected chi connectivity index (χ4v) is 5.06. The standard InChI is InChI=1S/C17H23NO2S/c19-17(20)15(10-13-4-2-1-3-5-13)12-21-16-11-18-8-6-14(16)7-9-18/h1-5,14-16H,6-12H2,(H,19,20). The van der Waals surface area contributed by atoms with Crippen LogP contribution in [0.2, 0.25) is 0 Å². The highest BCUT2D eigenvalue weighted by molar-refractivity contribution is 8.00. The molecule has 0 amide bonds. The normalized spacial score (nSPS) is 29.2. The van der Waals surface area contributed by atoms with Crippen molar-refractivity contribution in [2.45, 2.75) is 24.5 Å². The predicted molar refractivity (Wildman–Crippen MR) is 86.7 cm³/mol. The Kier molecular flexibility index (Phi) is 4.86. The molecule has 1 N–H and O–H groups in total. The van der Waals surface area contributed by atoms with Crippen LogP contribution in [0.1, 0.15) is 18.4 Å². The Morgan fingerprint density at radius 2 is 2.00 bits per heavy atom. The predicted octanol–water partition coefficient (Wildman–Crippen LogP) is 2.76. The molecule has 2 bridgehead atoms. The van der Waals surface area contributed by atoms with E-state index in [1.807, 2.05) is 42.1 Å². The number of aliphatic carboxylic acids is 1. The maximum Gasteiger partial charge on any atom is 0.307 e. The quantitative estimate of drug-likeness (QED) is 0.877. The summed E-state index contributed by atoms with van der Waals surface area (Å²) in [4.78, 5) is 14.0. The van der Waals surface area contributed by atoms with Crippen LogP contribution < -0.4 is 0 Å². The summed E-state index contributed by atoms with van der Waals surface area (Å²) < 4.78 is 0. The molecule has 0 aliphatic carbocycles. The van der Waals surface area contributed by atoms with Crippen molar-refractivity contribution >= 4 is 17.7 Å². The highest BCUT2D eigenvalue weighted by atomic mass is 32.2. The summed E-state index contributed by atoms with van der Waals surface area (Å²) >= 11 is 1.89. The van der Waals surface area contributed by atoms with Crippen molar-refractivity contribution in [3.63, 3.8) is 0 Å². The molecular formula is C17H23NO2S. The maximum absolute atomic E-state index is 11.5. The lowest BCUT2D eigenvalue weighted by Gasteiger charge is -2.44. The van der Waals surface area contributed by atoms with Gasteiger partial charge in [0.05, 0.1) is 5.92 Å². The third-order valence-electron chi connectivity index (χ3n) is 4.78. The molecule has 2 atom stereocenters. The first-order chi connectivity index (χ1) is 10.2. The highest BCUT2D eigenvalue weighted by Gasteiger charge is 2.35. The number of hydrogen-bond donors (Lipinski definition) is 1. The van der Waals surface area contributed by atoms with E-state index in [2.05, 4.69) is 4.90 Å². The van der Waals surface area contributed by atoms with Crippen molar-refractivity contribution in [1.82, 2.24) is 4.90 Å². The second-order valence-electron chi connectivity index (χ2n) is 6.23. The smallest absolute Gasteiger partial charge is 0.307 e. The Balaban J connectivity index is 1.55. The van der Waals surface area contributed by atoms with Crippen LogP contribution in [0.25, 0.3) is 0 Å². The van der Waals surface area contributed by atoms with Crippen LogP contribution in [-0.4, -0.2) is 46.6 Å². The average Bonchev–Trinajstić information content (AvgIpc) is 2.53. The Morgan fingerprint density at radius 3 is 2.57 bits per heavy atom. The number of rotatable bonds is 6. The molecule has 0 aromatic heterocycles. The zero-order chi connectivity index (χ0) is 14.7. The molecule has 3 nitrogen and oxygen atoms in total. The maximum atomic E-state index is 11.5. The second-order valence-corrected chi connectivity index (χ2v) is 7.51. The topological polar surface area (TPSA) is 40.5 Å². The lowest BCUT2D eigenvalue weighted by atomic mass is 9.88. The molecule has 21 heavy (non-hydrogen) atoms. The molecule has 4 heteroatoms. The third kappa shape index (κ3) is 3.80. The molecular weight excluding hydrogens is 282 g/mol. The van der Waals surface area contributed by atoms with Crippen LogP contribution >= 0.6 is 11.8 Å². The van der Waals surface area contributed by atoms with E-state index in [-0.39, 0.29) is 5.92 Å². The van der Waals surface area contributed by atoms with E-state index in [0.29, 0.717) is 11.7 Å². The Labute approximate surface area is 130 Å². The molecule has 3 aliphatic heterocycles. The largest absolute Gasteiger partial charge is 0.481 e. The number of piperidine rings is 3. The number of thioether (sulfide) groups is 1. The van der Waals surface area contributed by atoms with Crippen molar-refractivity contribution in [3.8, 4) is 0 Å². The van der Waals surface area contributed by atoms with Gasteiger partial charge in [-0.25, -0.2) is 0 Å². The van der Waals surface area contributed by atoms with Crippen LogP contribution in [0.5, 0.6) is 0 Å². The van der Waals surface area contributed by atoms with Gasteiger partial charge in [0, 0.05) is 17.5 Å². The van der Waals surface area contributed by atoms with E-state index in [1.165, 1.54) is 25.9 Å². The summed E-state index contributed by atoms with van der Waals surface area (Å²) in [6, 6.07) is 9.98. The monoisotopic (exact) mass is 305 g/mol. The fourth-order valence-electron chi connectivity index (χ4n) is 3.46. The van der Waals surface area contributed by atoms with Gasteiger partial charge in [0.25, 0.3) is 0 Å². The molecule has 1 aromatic carbocycles. The lowest BCUT2D eigenvalue weighted by molar-refractivity contribution is -0.140. The molecule has 114 valence electrons. The van der Waals surface area contributed by atoms with E-state index < -0.39 is 5.97 Å². The number of benzene rings is 1. The summed E-state index contributed by atoms with van der Waals surface area (Å²) in [5.74, 6) is 0.617. The SMILES string of the molecule is O=C(O)C(CSC1CN2CCC1CC2)Cc1ccccc1. The van der Waals surface area contributed by atoms with E-state index in [0.717, 1.165) is 23.8 Å². The van der Waals surface area contributed by atoms with Gasteiger partial charge in [-0.3, -0.25) is 4.79 Å². The van der Waals surface area contributed by atoms with Gasteiger partial charge < -0.3 is 10.0 Å². The molecule has 3 saturated heterocycles. The van der Waals surface area contributed by atoms with E-state index in [1.54, 1.807) is 0 Å². The Bertz CT molecular complexity index is 471. The van der Waals surface area contributed by atoms with Crippen LogP contribution in [0, 0.1) is 11.8 Å². The second kappa shape index (κ2) is 6.84. The number of nitrogens with zero attached hydrogens (tertiary/aromatic N) is 1. The minimum atomic E-state index is -0.660. The fraction of sp³-hybridized carbons (Fsp3) is 0.588. The van der Waals surface area contributed by atoms with Gasteiger partial charge in [-0.15, -0.1) is 0 Å². The van der Waals surface area contributed by atoms with Crippen LogP contribution in [0.4, 0.5) is 0 Å². The molecule has 0 radical (unpaired) electrons. The van der Waals surface area contributed by atoms with Crippen molar-refractivity contribution in [2.75, 3.05) is 25.4 Å². The van der Waals surface area contributed by atoms with Gasteiger partial charge in [-0.1, -0.05) is 30.3 Å². The van der Waals surface area contributed by atoms with E-state index in [4.69, 9.17) is 0 Å². The molecule has 3 fully saturated rings. The number of hydrogen-bond acceptors (Lipinski definition) is 3. The van der Waals surface area contributed by atoms with E-state index in [9.17, 15) is 9.90 Å². The van der Waals surface area contributed by atoms with Crippen LogP contribution in [0.3, 0.4) is 0 Å². The lowest BCUT2D eigenvalue weighted by Crippen LogP contribution is -2.49. The first kappa shape index (κ1) is 14.9. The number of carbonyl (C=O) groups is 1. The Morgan fingerprint density at radius 1 is 1.29 bits per heavy atom. The zero-order valence-electron chi connectivity index (χ0n) is 12.3. The molecule has 1 aromatic rings. The summed E-state index contributed by atoms with van der Waals surface area (Å²) in [7, 11) is 0. The molecule has 3 heterocycles. The number of carboxylic acids is 1. The van der Waals surface area contributed by atoms with Gasteiger partial charge in [-0.05, 0) is 43.8 Å². The number of carboxylic acid groups (broad SMARTS) is 1. The summed E-state index contributed by atoms with van der Waals surface area (Å²) in [5, 5.41) is 10.1. The summed E-state index contributed by atoms with van der Waals surface area (Å²) in [6.45, 7) is 3.65. The van der Waals surface area contributed by atoms with Gasteiger partial charge >= 0.3 is 5.97 Å². The minimum absolute atomic E-state index is 0.271. The van der Waals surface area contributed by atoms with Crippen molar-refractivity contribution in [2.24, 2.45) is 11.8 Å². The van der Waals surface area contributed by atoms with Crippen molar-refractivity contribution in [1.29, 1.82) is 0 Å². The number of fused-ring (bicyclic) bond motifs is 3. The molecule has 0 saturated carbocycles. The van der Waals surface area contributed by atoms with Gasteiger partial charge in [-0.2, -0.15) is 11.8 Å². The molecule has 3 aliphatic rings. The Hall–Kier alpha value is -1.00. The molecule has 2 unspecified atom stereocenters. The van der Waals surface area contributed by atoms with Gasteiger partial charge in [0.15, 0.2) is 0 Å². The average molecular weight is 305 g/mol. The van der Waals surface area contributed by atoms with Gasteiger partial charge in [0.2, 0.25) is 0 Å². The summed E-state index contributed by atoms with van der Waals surface area (Å²) in [5.41, 5.74) is 1.12. The zero-order valence-corrected chi connectivity index (χ0v) is 13.1. The van der Waals surface area contributed by atoms with Crippen LogP contribution in [0.15, 0.2) is 30.3 Å². The van der Waals surface area contributed by atoms with Gasteiger partial charge in [0.1, 0.15) is 0 Å². The van der Waals surface area contributed by atoms with E-state index >= 15 is 0 Å². The third-order valence-corrected chi connectivity index (χ3v) is 6.34. The first-order valence-electron chi connectivity index (χ1n) is 7.83. The molecule has 0 spiro atoms. The van der Waals surface area contributed by atoms with Crippen LogP contribution in [-0.2, 0) is 11.2 Å².